The van der Waals surface area contributed by atoms with Gasteiger partial charge in [0.2, 0.25) is 0 Å². The number of carboxylic acids is 1. The van der Waals surface area contributed by atoms with Gasteiger partial charge in [0.05, 0.1) is 0 Å². The monoisotopic (exact) mass is 212 g/mol. The number of rotatable bonds is 5. The quantitative estimate of drug-likeness (QED) is 0.793. The molecule has 15 heavy (non-hydrogen) atoms. The number of hydrogen-bond donors (Lipinski definition) is 1. The molecule has 0 saturated heterocycles. The van der Waals surface area contributed by atoms with Gasteiger partial charge in [-0.25, -0.2) is 9.48 Å². The highest BCUT2D eigenvalue weighted by Crippen LogP contribution is 2.22. The van der Waals surface area contributed by atoms with Gasteiger partial charge < -0.3 is 5.11 Å². The van der Waals surface area contributed by atoms with Gasteiger partial charge in [-0.15, -0.1) is 5.10 Å². The largest absolute Gasteiger partial charge is 0.480 e. The van der Waals surface area contributed by atoms with Crippen LogP contribution in [0.25, 0.3) is 0 Å². The lowest BCUT2D eigenvalue weighted by Crippen LogP contribution is -2.20. The topological polar surface area (TPSA) is 80.9 Å². The number of aliphatic carboxylic acids is 1. The molecule has 0 saturated carbocycles. The van der Waals surface area contributed by atoms with Crippen molar-refractivity contribution in [2.24, 2.45) is 0 Å². The summed E-state index contributed by atoms with van der Waals surface area (Å²) in [5.41, 5.74) is 0. The van der Waals surface area contributed by atoms with Gasteiger partial charge in [-0.2, -0.15) is 0 Å². The molecular formula is C9H16N4O2. The van der Waals surface area contributed by atoms with Crippen LogP contribution < -0.4 is 0 Å². The number of nitrogens with zero attached hydrogens (tertiary/aromatic N) is 4. The molecule has 0 fully saturated rings. The molecule has 0 aromatic carbocycles. The first-order chi connectivity index (χ1) is 7.11. The number of hydrogen-bond acceptors (Lipinski definition) is 4. The van der Waals surface area contributed by atoms with E-state index in [1.807, 2.05) is 13.8 Å². The summed E-state index contributed by atoms with van der Waals surface area (Å²) in [6.45, 7) is 5.65. The minimum absolute atomic E-state index is 0.224. The molecule has 1 unspecified atom stereocenters. The Labute approximate surface area is 88.3 Å². The molecule has 0 aliphatic rings. The average molecular weight is 212 g/mol. The van der Waals surface area contributed by atoms with Crippen LogP contribution in [-0.2, 0) is 4.79 Å². The van der Waals surface area contributed by atoms with E-state index >= 15 is 0 Å². The Morgan fingerprint density at radius 2 is 2.07 bits per heavy atom. The van der Waals surface area contributed by atoms with Crippen molar-refractivity contribution in [3.05, 3.63) is 5.82 Å². The van der Waals surface area contributed by atoms with Gasteiger partial charge in [0.25, 0.3) is 0 Å². The summed E-state index contributed by atoms with van der Waals surface area (Å²) in [7, 11) is 0. The lowest BCUT2D eigenvalue weighted by atomic mass is 10.0. The highest BCUT2D eigenvalue weighted by molar-refractivity contribution is 5.71. The van der Waals surface area contributed by atoms with Crippen LogP contribution in [0.1, 0.15) is 51.4 Å². The molecule has 6 heteroatoms. The predicted octanol–water partition coefficient (Wildman–Crippen LogP) is 1.22. The summed E-state index contributed by atoms with van der Waals surface area (Å²) < 4.78 is 1.39. The zero-order valence-electron chi connectivity index (χ0n) is 9.21. The van der Waals surface area contributed by atoms with Crippen molar-refractivity contribution in [3.8, 4) is 0 Å². The average Bonchev–Trinajstić information content (AvgIpc) is 2.67. The molecule has 1 N–H and O–H groups in total. The minimum Gasteiger partial charge on any atom is -0.480 e. The van der Waals surface area contributed by atoms with Gasteiger partial charge >= 0.3 is 5.97 Å². The molecule has 0 aliphatic carbocycles. The summed E-state index contributed by atoms with van der Waals surface area (Å²) in [5, 5.41) is 20.1. The van der Waals surface area contributed by atoms with E-state index < -0.39 is 12.0 Å². The van der Waals surface area contributed by atoms with Crippen molar-refractivity contribution in [3.63, 3.8) is 0 Å². The van der Waals surface area contributed by atoms with E-state index in [0.717, 1.165) is 12.8 Å². The maximum Gasteiger partial charge on any atom is 0.328 e. The fourth-order valence-corrected chi connectivity index (χ4v) is 1.50. The minimum atomic E-state index is -0.922. The maximum absolute atomic E-state index is 10.8. The van der Waals surface area contributed by atoms with Crippen molar-refractivity contribution in [1.82, 2.24) is 20.2 Å². The van der Waals surface area contributed by atoms with Crippen molar-refractivity contribution in [1.29, 1.82) is 0 Å². The van der Waals surface area contributed by atoms with Gasteiger partial charge in [0.15, 0.2) is 5.82 Å². The summed E-state index contributed by atoms with van der Waals surface area (Å²) >= 11 is 0. The Kier molecular flexibility index (Phi) is 3.76. The van der Waals surface area contributed by atoms with E-state index in [1.165, 1.54) is 4.68 Å². The fourth-order valence-electron chi connectivity index (χ4n) is 1.50. The number of carbonyl (C=O) groups is 1. The highest BCUT2D eigenvalue weighted by Gasteiger charge is 2.22. The van der Waals surface area contributed by atoms with Crippen molar-refractivity contribution < 1.29 is 9.90 Å². The molecular weight excluding hydrogens is 196 g/mol. The lowest BCUT2D eigenvalue weighted by Gasteiger charge is -2.14. The Hall–Kier alpha value is -1.46. The highest BCUT2D eigenvalue weighted by atomic mass is 16.4. The van der Waals surface area contributed by atoms with E-state index in [4.69, 9.17) is 5.11 Å². The third kappa shape index (κ3) is 2.31. The smallest absolute Gasteiger partial charge is 0.328 e. The Morgan fingerprint density at radius 1 is 1.47 bits per heavy atom. The molecule has 0 aliphatic heterocycles. The number of aromatic nitrogens is 4. The normalized spacial score (nSPS) is 13.1. The van der Waals surface area contributed by atoms with E-state index in [9.17, 15) is 4.79 Å². The summed E-state index contributed by atoms with van der Waals surface area (Å²) in [6, 6.07) is -0.712. The van der Waals surface area contributed by atoms with Gasteiger partial charge in [-0.05, 0) is 30.2 Å². The van der Waals surface area contributed by atoms with Crippen molar-refractivity contribution in [2.75, 3.05) is 0 Å². The van der Waals surface area contributed by atoms with Crippen LogP contribution in [0.15, 0.2) is 0 Å². The van der Waals surface area contributed by atoms with Crippen LogP contribution in [0.3, 0.4) is 0 Å². The first kappa shape index (κ1) is 11.6. The Balaban J connectivity index is 2.99. The third-order valence-corrected chi connectivity index (χ3v) is 2.59. The zero-order valence-corrected chi connectivity index (χ0v) is 9.21. The molecule has 0 bridgehead atoms. The van der Waals surface area contributed by atoms with E-state index in [2.05, 4.69) is 15.5 Å². The molecule has 0 radical (unpaired) electrons. The second-order valence-electron chi connectivity index (χ2n) is 3.51. The number of tetrazole rings is 1. The first-order valence-corrected chi connectivity index (χ1v) is 5.12. The van der Waals surface area contributed by atoms with Crippen LogP contribution >= 0.6 is 0 Å². The van der Waals surface area contributed by atoms with Crippen LogP contribution in [0, 0.1) is 0 Å². The van der Waals surface area contributed by atoms with Crippen LogP contribution in [0.2, 0.25) is 0 Å². The van der Waals surface area contributed by atoms with Gasteiger partial charge in [-0.3, -0.25) is 0 Å². The molecule has 6 nitrogen and oxygen atoms in total. The maximum atomic E-state index is 10.8. The molecule has 1 aromatic heterocycles. The lowest BCUT2D eigenvalue weighted by molar-refractivity contribution is -0.140. The molecule has 1 rings (SSSR count). The standard InChI is InChI=1S/C9H16N4O2/c1-4-7(5-2)8-10-11-12-13(8)6(3)9(14)15/h6-7H,4-5H2,1-3H3,(H,14,15). The predicted molar refractivity (Wildman–Crippen MR) is 53.5 cm³/mol. The van der Waals surface area contributed by atoms with E-state index in [0.29, 0.717) is 5.82 Å². The van der Waals surface area contributed by atoms with Crippen molar-refractivity contribution >= 4 is 5.97 Å². The molecule has 1 aromatic rings. The Morgan fingerprint density at radius 3 is 2.53 bits per heavy atom. The first-order valence-electron chi connectivity index (χ1n) is 5.12. The molecule has 84 valence electrons. The molecule has 0 spiro atoms. The molecule has 1 heterocycles. The second kappa shape index (κ2) is 4.86. The Bertz CT molecular complexity index is 333. The second-order valence-corrected chi connectivity index (χ2v) is 3.51. The zero-order chi connectivity index (χ0) is 11.4. The van der Waals surface area contributed by atoms with Gasteiger partial charge in [0.1, 0.15) is 6.04 Å². The number of carboxylic acid groups (broad SMARTS) is 1. The van der Waals surface area contributed by atoms with Crippen LogP contribution in [0.5, 0.6) is 0 Å². The van der Waals surface area contributed by atoms with Crippen LogP contribution in [-0.4, -0.2) is 31.3 Å². The molecule has 0 amide bonds. The van der Waals surface area contributed by atoms with Gasteiger partial charge in [0, 0.05) is 5.92 Å². The van der Waals surface area contributed by atoms with Gasteiger partial charge in [-0.1, -0.05) is 13.8 Å². The van der Waals surface area contributed by atoms with Crippen LogP contribution in [0.4, 0.5) is 0 Å². The fraction of sp³-hybridized carbons (Fsp3) is 0.778. The van der Waals surface area contributed by atoms with E-state index in [1.54, 1.807) is 6.92 Å². The third-order valence-electron chi connectivity index (χ3n) is 2.59. The summed E-state index contributed by atoms with van der Waals surface area (Å²) in [4.78, 5) is 10.8. The summed E-state index contributed by atoms with van der Waals surface area (Å²) in [5.74, 6) is -0.0359. The SMILES string of the molecule is CCC(CC)c1nnnn1C(C)C(=O)O. The van der Waals surface area contributed by atoms with E-state index in [-0.39, 0.29) is 5.92 Å². The van der Waals surface area contributed by atoms with Crippen molar-refractivity contribution in [2.45, 2.75) is 45.6 Å². The molecule has 1 atom stereocenters. The summed E-state index contributed by atoms with van der Waals surface area (Å²) in [6.07, 6.45) is 1.81.